The standard InChI is InChI=1S/C15H21N3O/c1-13-12-18(9-7-17-13)8-4-10-19-15-6-3-2-5-14(15)11-16/h2-3,5-6,13,17H,4,7-10,12H2,1H3/t13-/m1/s1. The average Bonchev–Trinajstić information content (AvgIpc) is 2.44. The number of nitriles is 1. The summed E-state index contributed by atoms with van der Waals surface area (Å²) in [6.07, 6.45) is 0.993. The van der Waals surface area contributed by atoms with Gasteiger partial charge in [0.05, 0.1) is 12.2 Å². The summed E-state index contributed by atoms with van der Waals surface area (Å²) in [5.41, 5.74) is 0.610. The van der Waals surface area contributed by atoms with Gasteiger partial charge >= 0.3 is 0 Å². The Hall–Kier alpha value is -1.57. The highest BCUT2D eigenvalue weighted by Gasteiger charge is 2.14. The van der Waals surface area contributed by atoms with Crippen molar-refractivity contribution >= 4 is 0 Å². The van der Waals surface area contributed by atoms with Crippen LogP contribution in [0.3, 0.4) is 0 Å². The van der Waals surface area contributed by atoms with Crippen molar-refractivity contribution in [3.05, 3.63) is 29.8 Å². The Labute approximate surface area is 115 Å². The fraction of sp³-hybridized carbons (Fsp3) is 0.533. The molecule has 1 saturated heterocycles. The first-order valence-electron chi connectivity index (χ1n) is 6.87. The minimum absolute atomic E-state index is 0.578. The average molecular weight is 259 g/mol. The minimum Gasteiger partial charge on any atom is -0.492 e. The van der Waals surface area contributed by atoms with Gasteiger partial charge in [0, 0.05) is 32.2 Å². The van der Waals surface area contributed by atoms with Gasteiger partial charge in [0.2, 0.25) is 0 Å². The molecule has 0 saturated carbocycles. The largest absolute Gasteiger partial charge is 0.492 e. The summed E-state index contributed by atoms with van der Waals surface area (Å²) in [5.74, 6) is 0.693. The lowest BCUT2D eigenvalue weighted by Crippen LogP contribution is -2.49. The van der Waals surface area contributed by atoms with Gasteiger partial charge in [-0.3, -0.25) is 0 Å². The third-order valence-corrected chi connectivity index (χ3v) is 3.34. The zero-order valence-electron chi connectivity index (χ0n) is 11.4. The fourth-order valence-corrected chi connectivity index (χ4v) is 2.37. The van der Waals surface area contributed by atoms with E-state index < -0.39 is 0 Å². The van der Waals surface area contributed by atoms with Crippen molar-refractivity contribution in [3.8, 4) is 11.8 Å². The molecule has 1 heterocycles. The number of ether oxygens (including phenoxy) is 1. The predicted molar refractivity (Wildman–Crippen MR) is 75.2 cm³/mol. The van der Waals surface area contributed by atoms with Gasteiger partial charge < -0.3 is 15.0 Å². The second kappa shape index (κ2) is 7.13. The summed E-state index contributed by atoms with van der Waals surface area (Å²) < 4.78 is 5.68. The maximum Gasteiger partial charge on any atom is 0.137 e. The molecule has 0 radical (unpaired) electrons. The Balaban J connectivity index is 1.70. The number of rotatable bonds is 5. The van der Waals surface area contributed by atoms with Crippen LogP contribution < -0.4 is 10.1 Å². The smallest absolute Gasteiger partial charge is 0.137 e. The van der Waals surface area contributed by atoms with Gasteiger partial charge in [-0.05, 0) is 25.5 Å². The quantitative estimate of drug-likeness (QED) is 0.816. The van der Waals surface area contributed by atoms with Crippen LogP contribution in [0.1, 0.15) is 18.9 Å². The van der Waals surface area contributed by atoms with E-state index in [1.807, 2.05) is 18.2 Å². The maximum absolute atomic E-state index is 8.96. The van der Waals surface area contributed by atoms with E-state index in [9.17, 15) is 0 Å². The van der Waals surface area contributed by atoms with Crippen molar-refractivity contribution in [1.82, 2.24) is 10.2 Å². The molecule has 0 aliphatic carbocycles. The van der Waals surface area contributed by atoms with E-state index >= 15 is 0 Å². The van der Waals surface area contributed by atoms with E-state index in [-0.39, 0.29) is 0 Å². The lowest BCUT2D eigenvalue weighted by atomic mass is 10.2. The van der Waals surface area contributed by atoms with E-state index in [4.69, 9.17) is 10.00 Å². The molecule has 102 valence electrons. The molecule has 1 aromatic rings. The second-order valence-electron chi connectivity index (χ2n) is 4.97. The third-order valence-electron chi connectivity index (χ3n) is 3.34. The molecule has 1 aliphatic rings. The van der Waals surface area contributed by atoms with Crippen molar-refractivity contribution in [1.29, 1.82) is 5.26 Å². The molecule has 1 N–H and O–H groups in total. The summed E-state index contributed by atoms with van der Waals surface area (Å²) in [7, 11) is 0. The highest BCUT2D eigenvalue weighted by Crippen LogP contribution is 2.16. The van der Waals surface area contributed by atoms with Gasteiger partial charge in [0.15, 0.2) is 0 Å². The van der Waals surface area contributed by atoms with Crippen LogP contribution in [0.4, 0.5) is 0 Å². The highest BCUT2D eigenvalue weighted by atomic mass is 16.5. The maximum atomic E-state index is 8.96. The van der Waals surface area contributed by atoms with E-state index in [2.05, 4.69) is 23.2 Å². The number of hydrogen-bond donors (Lipinski definition) is 1. The Bertz CT molecular complexity index is 441. The van der Waals surface area contributed by atoms with Crippen LogP contribution in [0.5, 0.6) is 5.75 Å². The first kappa shape index (κ1) is 13.9. The fourth-order valence-electron chi connectivity index (χ4n) is 2.37. The van der Waals surface area contributed by atoms with Crippen molar-refractivity contribution in [2.45, 2.75) is 19.4 Å². The molecule has 0 aromatic heterocycles. The number of nitrogens with one attached hydrogen (secondary N) is 1. The van der Waals surface area contributed by atoms with Crippen molar-refractivity contribution in [3.63, 3.8) is 0 Å². The molecule has 0 bridgehead atoms. The van der Waals surface area contributed by atoms with Gasteiger partial charge in [-0.15, -0.1) is 0 Å². The van der Waals surface area contributed by atoms with E-state index in [1.165, 1.54) is 0 Å². The summed E-state index contributed by atoms with van der Waals surface area (Å²) >= 11 is 0. The highest BCUT2D eigenvalue weighted by molar-refractivity contribution is 5.42. The normalized spacial score (nSPS) is 19.9. The van der Waals surface area contributed by atoms with E-state index in [0.717, 1.165) is 32.6 Å². The molecular weight excluding hydrogens is 238 g/mol. The topological polar surface area (TPSA) is 48.3 Å². The Morgan fingerprint density at radius 2 is 2.32 bits per heavy atom. The predicted octanol–water partition coefficient (Wildman–Crippen LogP) is 1.62. The van der Waals surface area contributed by atoms with Crippen LogP contribution in [0.2, 0.25) is 0 Å². The Morgan fingerprint density at radius 3 is 3.11 bits per heavy atom. The molecule has 19 heavy (non-hydrogen) atoms. The van der Waals surface area contributed by atoms with Gasteiger partial charge in [0.25, 0.3) is 0 Å². The number of benzene rings is 1. The lowest BCUT2D eigenvalue weighted by Gasteiger charge is -2.31. The SMILES string of the molecule is C[C@@H]1CN(CCCOc2ccccc2C#N)CCN1. The van der Waals surface area contributed by atoms with Gasteiger partial charge in [-0.2, -0.15) is 5.26 Å². The summed E-state index contributed by atoms with van der Waals surface area (Å²) in [6, 6.07) is 10.1. The Morgan fingerprint density at radius 1 is 1.47 bits per heavy atom. The molecular formula is C15H21N3O. The van der Waals surface area contributed by atoms with Crippen molar-refractivity contribution < 1.29 is 4.74 Å². The number of piperazine rings is 1. The molecule has 0 amide bonds. The lowest BCUT2D eigenvalue weighted by molar-refractivity contribution is 0.189. The molecule has 1 fully saturated rings. The summed E-state index contributed by atoms with van der Waals surface area (Å²) in [4.78, 5) is 2.46. The van der Waals surface area contributed by atoms with Crippen LogP contribution in [0, 0.1) is 11.3 Å². The minimum atomic E-state index is 0.578. The molecule has 2 rings (SSSR count). The number of hydrogen-bond acceptors (Lipinski definition) is 4. The van der Waals surface area contributed by atoms with E-state index in [1.54, 1.807) is 6.07 Å². The van der Waals surface area contributed by atoms with Crippen molar-refractivity contribution in [2.75, 3.05) is 32.8 Å². The Kier molecular flexibility index (Phi) is 5.20. The van der Waals surface area contributed by atoms with Gasteiger partial charge in [-0.25, -0.2) is 0 Å². The number of nitrogens with zero attached hydrogens (tertiary/aromatic N) is 2. The molecule has 4 heteroatoms. The van der Waals surface area contributed by atoms with E-state index in [0.29, 0.717) is 24.0 Å². The van der Waals surface area contributed by atoms with Crippen LogP contribution >= 0.6 is 0 Å². The second-order valence-corrected chi connectivity index (χ2v) is 4.97. The molecule has 0 unspecified atom stereocenters. The summed E-state index contributed by atoms with van der Waals surface area (Å²) in [5, 5.41) is 12.4. The molecule has 1 aromatic carbocycles. The van der Waals surface area contributed by atoms with Crippen LogP contribution in [0.15, 0.2) is 24.3 Å². The van der Waals surface area contributed by atoms with Crippen molar-refractivity contribution in [2.24, 2.45) is 0 Å². The zero-order valence-corrected chi connectivity index (χ0v) is 11.4. The zero-order chi connectivity index (χ0) is 13.5. The monoisotopic (exact) mass is 259 g/mol. The van der Waals surface area contributed by atoms with Crippen LogP contribution in [-0.4, -0.2) is 43.7 Å². The molecule has 0 spiro atoms. The molecule has 1 atom stereocenters. The van der Waals surface area contributed by atoms with Crippen LogP contribution in [0.25, 0.3) is 0 Å². The van der Waals surface area contributed by atoms with Crippen LogP contribution in [-0.2, 0) is 0 Å². The number of para-hydroxylation sites is 1. The molecule has 1 aliphatic heterocycles. The molecule has 4 nitrogen and oxygen atoms in total. The third kappa shape index (κ3) is 4.23. The summed E-state index contributed by atoms with van der Waals surface area (Å²) in [6.45, 7) is 7.22. The first-order chi connectivity index (χ1) is 9.29. The van der Waals surface area contributed by atoms with Gasteiger partial charge in [0.1, 0.15) is 11.8 Å². The first-order valence-corrected chi connectivity index (χ1v) is 6.87. The van der Waals surface area contributed by atoms with Gasteiger partial charge in [-0.1, -0.05) is 12.1 Å².